The predicted octanol–water partition coefficient (Wildman–Crippen LogP) is -11.5. The van der Waals surface area contributed by atoms with Gasteiger partial charge in [0.15, 0.2) is 0 Å². The van der Waals surface area contributed by atoms with Crippen molar-refractivity contribution in [3.8, 4) is 0 Å². The summed E-state index contributed by atoms with van der Waals surface area (Å²) in [5, 5.41) is 0. The molecule has 0 aromatic rings. The summed E-state index contributed by atoms with van der Waals surface area (Å²) in [6, 6.07) is 0. The smallest absolute Gasteiger partial charge is 0.306 e. The zero-order valence-electron chi connectivity index (χ0n) is 29.1. The van der Waals surface area contributed by atoms with Crippen molar-refractivity contribution < 1.29 is 152 Å². The number of hydrogen-bond donors (Lipinski definition) is 0. The summed E-state index contributed by atoms with van der Waals surface area (Å²) < 4.78 is 23.2. The second kappa shape index (κ2) is 28.6. The van der Waals surface area contributed by atoms with E-state index in [0.29, 0.717) is 26.4 Å². The van der Waals surface area contributed by atoms with E-state index in [1.165, 1.54) is 0 Å². The van der Waals surface area contributed by atoms with Crippen molar-refractivity contribution in [3.05, 3.63) is 0 Å². The lowest BCUT2D eigenvalue weighted by atomic mass is 10.3. The minimum atomic E-state index is -0.345. The number of rotatable bonds is 18. The third-order valence-electron chi connectivity index (χ3n) is 5.17. The fourth-order valence-electron chi connectivity index (χ4n) is 2.43. The number of carbonyl (C=O) groups excluding carboxylic acids is 4. The molecule has 12 nitrogen and oxygen atoms in total. The third kappa shape index (κ3) is 49.5. The van der Waals surface area contributed by atoms with Crippen molar-refractivity contribution in [2.75, 3.05) is 137 Å². The van der Waals surface area contributed by atoms with Gasteiger partial charge < -0.3 is 133 Å². The van der Waals surface area contributed by atoms with Gasteiger partial charge in [-0.2, -0.15) is 0 Å². The Hall–Kier alpha value is 0.640. The summed E-state index contributed by atoms with van der Waals surface area (Å²) in [5.41, 5.74) is 0. The van der Waals surface area contributed by atoms with Gasteiger partial charge in [-0.15, -0.1) is 0 Å². The molecule has 0 radical (unpaired) electrons. The molecule has 0 N–H and O–H groups in total. The molecule has 0 fully saturated rings. The predicted molar refractivity (Wildman–Crippen MR) is 154 cm³/mol. The number of quaternary nitrogens is 4. The van der Waals surface area contributed by atoms with Gasteiger partial charge >= 0.3 is 23.9 Å². The van der Waals surface area contributed by atoms with Crippen molar-refractivity contribution in [2.24, 2.45) is 0 Å². The molecule has 0 heterocycles. The van der Waals surface area contributed by atoms with Crippen molar-refractivity contribution in [3.63, 3.8) is 0 Å². The molecule has 0 aliphatic carbocycles. The molecule has 0 aromatic heterocycles. The number of nitrogens with zero attached hydrogens (tertiary/aromatic N) is 4. The lowest BCUT2D eigenvalue weighted by Gasteiger charge is -2.23. The van der Waals surface area contributed by atoms with E-state index in [1.807, 2.05) is 84.6 Å². The molecular formula is C28H60I4N4O8. The van der Waals surface area contributed by atoms with Crippen LogP contribution in [-0.2, 0) is 38.1 Å². The first kappa shape index (κ1) is 56.9. The Bertz CT molecular complexity index is 652. The molecule has 0 aliphatic rings. The Morgan fingerprint density at radius 2 is 0.477 bits per heavy atom. The quantitative estimate of drug-likeness (QED) is 0.0578. The molecule has 0 rings (SSSR count). The normalized spacial score (nSPS) is 11.0. The highest BCUT2D eigenvalue weighted by Gasteiger charge is 2.15. The lowest BCUT2D eigenvalue weighted by molar-refractivity contribution is -0.870. The van der Waals surface area contributed by atoms with Crippen LogP contribution in [0.25, 0.3) is 0 Å². The van der Waals surface area contributed by atoms with Gasteiger partial charge in [-0.25, -0.2) is 0 Å². The Labute approximate surface area is 335 Å². The van der Waals surface area contributed by atoms with Crippen LogP contribution in [0.15, 0.2) is 0 Å². The Morgan fingerprint density at radius 3 is 0.591 bits per heavy atom. The van der Waals surface area contributed by atoms with E-state index in [9.17, 15) is 19.2 Å². The van der Waals surface area contributed by atoms with Crippen molar-refractivity contribution >= 4 is 23.9 Å². The van der Waals surface area contributed by atoms with Crippen LogP contribution in [0.4, 0.5) is 0 Å². The molecule has 0 unspecified atom stereocenters. The highest BCUT2D eigenvalue weighted by molar-refractivity contribution is 5.78. The molecule has 0 atom stereocenters. The first-order chi connectivity index (χ1) is 18.0. The topological polar surface area (TPSA) is 105 Å². The molecule has 0 amide bonds. The van der Waals surface area contributed by atoms with Crippen molar-refractivity contribution in [1.82, 2.24) is 0 Å². The molecule has 44 heavy (non-hydrogen) atoms. The second-order valence-corrected chi connectivity index (χ2v) is 13.9. The van der Waals surface area contributed by atoms with Crippen LogP contribution in [-0.4, -0.2) is 179 Å². The Morgan fingerprint density at radius 1 is 0.341 bits per heavy atom. The van der Waals surface area contributed by atoms with Crippen LogP contribution in [0.5, 0.6) is 0 Å². The molecule has 268 valence electrons. The second-order valence-electron chi connectivity index (χ2n) is 13.9. The zero-order chi connectivity index (χ0) is 31.6. The van der Waals surface area contributed by atoms with Crippen LogP contribution < -0.4 is 95.9 Å². The van der Waals surface area contributed by atoms with Gasteiger partial charge in [0, 0.05) is 0 Å². The van der Waals surface area contributed by atoms with E-state index < -0.39 is 0 Å². The van der Waals surface area contributed by atoms with Gasteiger partial charge in [0.05, 0.1) is 110 Å². The minimum Gasteiger partial charge on any atom is -1.00 e. The average molecular weight is 1090 g/mol. The maximum atomic E-state index is 11.4. The molecule has 0 saturated heterocycles. The van der Waals surface area contributed by atoms with Gasteiger partial charge in [-0.3, -0.25) is 19.2 Å². The summed E-state index contributed by atoms with van der Waals surface area (Å²) in [6.07, 6.45) is 0.335. The van der Waals surface area contributed by atoms with Gasteiger partial charge in [0.2, 0.25) is 0 Å². The number of carbonyl (C=O) groups is 4. The van der Waals surface area contributed by atoms with E-state index in [2.05, 4.69) is 0 Å². The minimum absolute atomic E-state index is 0. The van der Waals surface area contributed by atoms with Crippen LogP contribution in [0.1, 0.15) is 25.7 Å². The molecule has 0 saturated carbocycles. The van der Waals surface area contributed by atoms with E-state index in [0.717, 1.165) is 44.1 Å². The average Bonchev–Trinajstić information content (AvgIpc) is 2.73. The molecule has 0 bridgehead atoms. The maximum absolute atomic E-state index is 11.4. The van der Waals surface area contributed by atoms with Crippen LogP contribution in [0.3, 0.4) is 0 Å². The Balaban J connectivity index is -0.000000150. The summed E-state index contributed by atoms with van der Waals surface area (Å²) in [7, 11) is 24.3. The number of esters is 4. The zero-order valence-corrected chi connectivity index (χ0v) is 37.7. The third-order valence-corrected chi connectivity index (χ3v) is 5.17. The number of ether oxygens (including phenoxy) is 4. The molecule has 0 aromatic carbocycles. The van der Waals surface area contributed by atoms with Gasteiger partial charge in [0.1, 0.15) is 52.6 Å². The number of halogens is 4. The number of hydrogen-bond acceptors (Lipinski definition) is 8. The largest absolute Gasteiger partial charge is 1.00 e. The van der Waals surface area contributed by atoms with Crippen LogP contribution in [0.2, 0.25) is 0 Å². The van der Waals surface area contributed by atoms with Gasteiger partial charge in [-0.1, -0.05) is 0 Å². The molecular weight excluding hydrogens is 1030 g/mol. The van der Waals surface area contributed by atoms with E-state index in [1.54, 1.807) is 0 Å². The van der Waals surface area contributed by atoms with Gasteiger partial charge in [-0.05, 0) is 0 Å². The lowest BCUT2D eigenvalue weighted by Crippen LogP contribution is -3.00. The standard InChI is InChI=1S/2C14H30N2O4.4HI/c2*1-15(2,3)9-11-19-13(17)7-8-14(18)20-12-10-16(4,5)6;;;;/h2*7-12H2,1-6H3;4*1H/q2*+2;;;;/p-4. The maximum Gasteiger partial charge on any atom is 0.306 e. The highest BCUT2D eigenvalue weighted by atomic mass is 127. The number of likely N-dealkylation sites (N-methyl/N-ethyl adjacent to an activating group) is 4. The van der Waals surface area contributed by atoms with E-state index in [-0.39, 0.29) is 145 Å². The fraction of sp³-hybridized carbons (Fsp3) is 0.857. The molecule has 16 heteroatoms. The molecule has 0 aliphatic heterocycles. The van der Waals surface area contributed by atoms with Crippen molar-refractivity contribution in [2.45, 2.75) is 25.7 Å². The fourth-order valence-corrected chi connectivity index (χ4v) is 2.43. The Kier molecular flexibility index (Phi) is 37.1. The molecule has 0 spiro atoms. The van der Waals surface area contributed by atoms with Crippen LogP contribution >= 0.6 is 0 Å². The monoisotopic (exact) mass is 1090 g/mol. The summed E-state index contributed by atoms with van der Waals surface area (Å²) >= 11 is 0. The SMILES string of the molecule is C[N+](C)(C)CCOC(=O)CCC(=O)OCC[N+](C)(C)C.C[N+](C)(C)CCOC(=O)CCC(=O)OCC[N+](C)(C)C.[I-].[I-].[I-].[I-]. The first-order valence-electron chi connectivity index (χ1n) is 13.8. The van der Waals surface area contributed by atoms with E-state index >= 15 is 0 Å². The highest BCUT2D eigenvalue weighted by Crippen LogP contribution is 2.00. The first-order valence-corrected chi connectivity index (χ1v) is 13.8. The summed E-state index contributed by atoms with van der Waals surface area (Å²) in [5.74, 6) is -1.38. The van der Waals surface area contributed by atoms with Crippen molar-refractivity contribution in [1.29, 1.82) is 0 Å². The van der Waals surface area contributed by atoms with Gasteiger partial charge in [0.25, 0.3) is 0 Å². The van der Waals surface area contributed by atoms with E-state index in [4.69, 9.17) is 18.9 Å². The van der Waals surface area contributed by atoms with Crippen LogP contribution in [0, 0.1) is 0 Å². The summed E-state index contributed by atoms with van der Waals surface area (Å²) in [4.78, 5) is 45.7. The summed E-state index contributed by atoms with van der Waals surface area (Å²) in [6.45, 7) is 4.49.